The fraction of sp³-hybridized carbons (Fsp3) is 0.615. The first kappa shape index (κ1) is 12.2. The van der Waals surface area contributed by atoms with E-state index in [1.54, 1.807) is 0 Å². The fourth-order valence-corrected chi connectivity index (χ4v) is 1.99. The lowest BCUT2D eigenvalue weighted by Crippen LogP contribution is -2.31. The molecule has 0 saturated heterocycles. The van der Waals surface area contributed by atoms with Gasteiger partial charge in [0, 0.05) is 6.20 Å². The summed E-state index contributed by atoms with van der Waals surface area (Å²) in [6.45, 7) is 8.89. The first-order chi connectivity index (χ1) is 7.00. The summed E-state index contributed by atoms with van der Waals surface area (Å²) in [7, 11) is 2.00. The van der Waals surface area contributed by atoms with Crippen molar-refractivity contribution in [2.75, 3.05) is 7.05 Å². The molecule has 1 aromatic rings. The first-order valence-corrected chi connectivity index (χ1v) is 5.61. The summed E-state index contributed by atoms with van der Waals surface area (Å²) >= 11 is 0. The minimum atomic E-state index is 0.188. The highest BCUT2D eigenvalue weighted by Gasteiger charge is 2.27. The van der Waals surface area contributed by atoms with Gasteiger partial charge >= 0.3 is 0 Å². The van der Waals surface area contributed by atoms with Crippen molar-refractivity contribution in [3.63, 3.8) is 0 Å². The number of hydrogen-bond acceptors (Lipinski definition) is 2. The van der Waals surface area contributed by atoms with Crippen LogP contribution in [-0.4, -0.2) is 12.0 Å². The standard InChI is InChI=1S/C13H22N2/c1-6-10-8-7-9-15-11(10)12(14-5)13(2,3)4/h7-9,12,14H,6H2,1-5H3. The molecule has 0 saturated carbocycles. The quantitative estimate of drug-likeness (QED) is 0.822. The van der Waals surface area contributed by atoms with E-state index in [1.165, 1.54) is 11.3 Å². The van der Waals surface area contributed by atoms with Gasteiger partial charge in [-0.25, -0.2) is 0 Å². The molecule has 1 atom stereocenters. The van der Waals surface area contributed by atoms with Crippen LogP contribution in [0.4, 0.5) is 0 Å². The smallest absolute Gasteiger partial charge is 0.0610 e. The molecule has 1 heterocycles. The van der Waals surface area contributed by atoms with Crippen LogP contribution in [0.5, 0.6) is 0 Å². The van der Waals surface area contributed by atoms with Gasteiger partial charge in [0.05, 0.1) is 11.7 Å². The second-order valence-corrected chi connectivity index (χ2v) is 4.99. The third kappa shape index (κ3) is 2.78. The van der Waals surface area contributed by atoms with Gasteiger partial charge in [0.2, 0.25) is 0 Å². The van der Waals surface area contributed by atoms with Crippen LogP contribution < -0.4 is 5.32 Å². The minimum Gasteiger partial charge on any atom is -0.311 e. The van der Waals surface area contributed by atoms with Crippen molar-refractivity contribution < 1.29 is 0 Å². The molecule has 0 aromatic carbocycles. The molecule has 2 heteroatoms. The van der Waals surface area contributed by atoms with E-state index in [0.717, 1.165) is 6.42 Å². The zero-order valence-corrected chi connectivity index (χ0v) is 10.5. The maximum Gasteiger partial charge on any atom is 0.0610 e. The van der Waals surface area contributed by atoms with E-state index in [-0.39, 0.29) is 5.41 Å². The zero-order chi connectivity index (χ0) is 11.5. The molecule has 84 valence electrons. The van der Waals surface area contributed by atoms with Gasteiger partial charge in [-0.3, -0.25) is 4.98 Å². The van der Waals surface area contributed by atoms with E-state index >= 15 is 0 Å². The van der Waals surface area contributed by atoms with Gasteiger partial charge in [0.1, 0.15) is 0 Å². The monoisotopic (exact) mass is 206 g/mol. The maximum atomic E-state index is 4.52. The Balaban J connectivity index is 3.12. The average molecular weight is 206 g/mol. The molecule has 1 rings (SSSR count). The third-order valence-corrected chi connectivity index (χ3v) is 2.74. The van der Waals surface area contributed by atoms with Gasteiger partial charge in [-0.2, -0.15) is 0 Å². The lowest BCUT2D eigenvalue weighted by molar-refractivity contribution is 0.280. The molecule has 1 aromatic heterocycles. The maximum absolute atomic E-state index is 4.52. The first-order valence-electron chi connectivity index (χ1n) is 5.61. The molecule has 15 heavy (non-hydrogen) atoms. The van der Waals surface area contributed by atoms with Crippen LogP contribution in [0.3, 0.4) is 0 Å². The highest BCUT2D eigenvalue weighted by Crippen LogP contribution is 2.32. The summed E-state index contributed by atoms with van der Waals surface area (Å²) in [4.78, 5) is 4.52. The number of hydrogen-bond donors (Lipinski definition) is 1. The van der Waals surface area contributed by atoms with Crippen molar-refractivity contribution in [2.24, 2.45) is 5.41 Å². The molecule has 0 amide bonds. The lowest BCUT2D eigenvalue weighted by atomic mass is 9.83. The molecule has 2 nitrogen and oxygen atoms in total. The SMILES string of the molecule is CCc1cccnc1C(NC)C(C)(C)C. The molecule has 0 spiro atoms. The van der Waals surface area contributed by atoms with Gasteiger partial charge in [-0.05, 0) is 30.5 Å². The zero-order valence-electron chi connectivity index (χ0n) is 10.5. The molecule has 0 bridgehead atoms. The van der Waals surface area contributed by atoms with Crippen molar-refractivity contribution in [2.45, 2.75) is 40.2 Å². The van der Waals surface area contributed by atoms with E-state index in [2.05, 4.69) is 44.1 Å². The molecule has 0 fully saturated rings. The Morgan fingerprint density at radius 3 is 2.53 bits per heavy atom. The van der Waals surface area contributed by atoms with E-state index in [1.807, 2.05) is 19.3 Å². The Bertz CT molecular complexity index is 313. The number of pyridine rings is 1. The molecule has 0 aliphatic carbocycles. The summed E-state index contributed by atoms with van der Waals surface area (Å²) in [5.41, 5.74) is 2.72. The second kappa shape index (κ2) is 4.75. The summed E-state index contributed by atoms with van der Waals surface area (Å²) in [5.74, 6) is 0. The Hall–Kier alpha value is -0.890. The lowest BCUT2D eigenvalue weighted by Gasteiger charge is -2.31. The largest absolute Gasteiger partial charge is 0.311 e. The third-order valence-electron chi connectivity index (χ3n) is 2.74. The van der Waals surface area contributed by atoms with E-state index < -0.39 is 0 Å². The van der Waals surface area contributed by atoms with Crippen LogP contribution in [0.2, 0.25) is 0 Å². The fourth-order valence-electron chi connectivity index (χ4n) is 1.99. The van der Waals surface area contributed by atoms with Crippen LogP contribution >= 0.6 is 0 Å². The second-order valence-electron chi connectivity index (χ2n) is 4.99. The van der Waals surface area contributed by atoms with E-state index in [4.69, 9.17) is 0 Å². The molecule has 0 radical (unpaired) electrons. The molecular weight excluding hydrogens is 184 g/mol. The number of aryl methyl sites for hydroxylation is 1. The predicted molar refractivity (Wildman–Crippen MR) is 64.9 cm³/mol. The van der Waals surface area contributed by atoms with Crippen molar-refractivity contribution in [3.05, 3.63) is 29.6 Å². The normalized spacial score (nSPS) is 13.9. The van der Waals surface area contributed by atoms with Crippen LogP contribution in [-0.2, 0) is 6.42 Å². The van der Waals surface area contributed by atoms with Gasteiger partial charge < -0.3 is 5.32 Å². The van der Waals surface area contributed by atoms with Crippen LogP contribution in [0.1, 0.15) is 45.0 Å². The van der Waals surface area contributed by atoms with Gasteiger partial charge in [-0.1, -0.05) is 33.8 Å². The van der Waals surface area contributed by atoms with Gasteiger partial charge in [0.15, 0.2) is 0 Å². The average Bonchev–Trinajstić information content (AvgIpc) is 2.17. The van der Waals surface area contributed by atoms with Crippen LogP contribution in [0, 0.1) is 5.41 Å². The number of rotatable bonds is 3. The highest BCUT2D eigenvalue weighted by atomic mass is 14.9. The Labute approximate surface area is 93.1 Å². The molecule has 0 aliphatic rings. The number of nitrogens with one attached hydrogen (secondary N) is 1. The van der Waals surface area contributed by atoms with Crippen LogP contribution in [0.15, 0.2) is 18.3 Å². The number of aromatic nitrogens is 1. The summed E-state index contributed by atoms with van der Waals surface area (Å²) in [5, 5.41) is 3.37. The van der Waals surface area contributed by atoms with Crippen molar-refractivity contribution >= 4 is 0 Å². The van der Waals surface area contributed by atoms with Crippen LogP contribution in [0.25, 0.3) is 0 Å². The van der Waals surface area contributed by atoms with Crippen molar-refractivity contribution in [3.8, 4) is 0 Å². The highest BCUT2D eigenvalue weighted by molar-refractivity contribution is 5.24. The Kier molecular flexibility index (Phi) is 3.86. The van der Waals surface area contributed by atoms with Crippen molar-refractivity contribution in [1.29, 1.82) is 0 Å². The van der Waals surface area contributed by atoms with Gasteiger partial charge in [0.25, 0.3) is 0 Å². The molecule has 1 N–H and O–H groups in total. The Morgan fingerprint density at radius 1 is 1.40 bits per heavy atom. The van der Waals surface area contributed by atoms with E-state index in [0.29, 0.717) is 6.04 Å². The topological polar surface area (TPSA) is 24.9 Å². The van der Waals surface area contributed by atoms with Crippen molar-refractivity contribution in [1.82, 2.24) is 10.3 Å². The Morgan fingerprint density at radius 2 is 2.07 bits per heavy atom. The summed E-state index contributed by atoms with van der Waals surface area (Å²) < 4.78 is 0. The molecule has 1 unspecified atom stereocenters. The number of nitrogens with zero attached hydrogens (tertiary/aromatic N) is 1. The predicted octanol–water partition coefficient (Wildman–Crippen LogP) is 2.95. The molecule has 0 aliphatic heterocycles. The van der Waals surface area contributed by atoms with Gasteiger partial charge in [-0.15, -0.1) is 0 Å². The minimum absolute atomic E-state index is 0.188. The summed E-state index contributed by atoms with van der Waals surface area (Å²) in [6.07, 6.45) is 2.92. The summed E-state index contributed by atoms with van der Waals surface area (Å²) in [6, 6.07) is 4.49. The van der Waals surface area contributed by atoms with E-state index in [9.17, 15) is 0 Å². The molecular formula is C13H22N2.